The molecule has 2 aromatic rings. The van der Waals surface area contributed by atoms with E-state index in [2.05, 4.69) is 10.3 Å². The van der Waals surface area contributed by atoms with Crippen LogP contribution in [0.4, 0.5) is 5.69 Å². The third-order valence-corrected chi connectivity index (χ3v) is 4.11. The van der Waals surface area contributed by atoms with Gasteiger partial charge in [0, 0.05) is 24.6 Å². The summed E-state index contributed by atoms with van der Waals surface area (Å²) in [5, 5.41) is 2.78. The number of carbonyl (C=O) groups excluding carboxylic acids is 2. The van der Waals surface area contributed by atoms with Crippen LogP contribution in [0.25, 0.3) is 0 Å². The zero-order chi connectivity index (χ0) is 15.8. The van der Waals surface area contributed by atoms with Crippen LogP contribution < -0.4 is 10.1 Å². The van der Waals surface area contributed by atoms with Crippen molar-refractivity contribution in [3.8, 4) is 5.75 Å². The minimum absolute atomic E-state index is 0.0257. The number of aromatic nitrogens is 1. The van der Waals surface area contributed by atoms with Crippen molar-refractivity contribution in [1.29, 1.82) is 0 Å². The van der Waals surface area contributed by atoms with Crippen molar-refractivity contribution in [2.75, 3.05) is 5.32 Å². The van der Waals surface area contributed by atoms with Gasteiger partial charge in [0.2, 0.25) is 5.91 Å². The summed E-state index contributed by atoms with van der Waals surface area (Å²) in [5.74, 6) is 1.02. The summed E-state index contributed by atoms with van der Waals surface area (Å²) in [4.78, 5) is 27.7. The standard InChI is InChI=1S/C17H16N2O4/c20-15-6-4-11-3-5-12(8-13(11)18-15)23-17(21)14-9-22-16(19-14)7-10-1-2-10/h3,5,8-10H,1-2,4,6-7H2,(H,18,20). The van der Waals surface area contributed by atoms with E-state index in [1.54, 1.807) is 12.1 Å². The van der Waals surface area contributed by atoms with E-state index >= 15 is 0 Å². The lowest BCUT2D eigenvalue weighted by molar-refractivity contribution is -0.116. The normalized spacial score (nSPS) is 16.6. The monoisotopic (exact) mass is 312 g/mol. The molecule has 2 heterocycles. The summed E-state index contributed by atoms with van der Waals surface area (Å²) in [6.07, 6.45) is 5.68. The number of nitrogens with zero attached hydrogens (tertiary/aromatic N) is 1. The molecule has 1 aliphatic carbocycles. The summed E-state index contributed by atoms with van der Waals surface area (Å²) in [5.41, 5.74) is 1.90. The fourth-order valence-electron chi connectivity index (χ4n) is 2.64. The van der Waals surface area contributed by atoms with Gasteiger partial charge in [-0.15, -0.1) is 0 Å². The Hall–Kier alpha value is -2.63. The van der Waals surface area contributed by atoms with Crippen molar-refractivity contribution < 1.29 is 18.7 Å². The number of nitrogens with one attached hydrogen (secondary N) is 1. The molecule has 1 fully saturated rings. The lowest BCUT2D eigenvalue weighted by Crippen LogP contribution is -2.19. The first kappa shape index (κ1) is 14.0. The van der Waals surface area contributed by atoms with Gasteiger partial charge in [0.05, 0.1) is 0 Å². The summed E-state index contributed by atoms with van der Waals surface area (Å²) in [6, 6.07) is 5.24. The number of anilines is 1. The van der Waals surface area contributed by atoms with E-state index in [0.29, 0.717) is 36.1 Å². The van der Waals surface area contributed by atoms with E-state index in [9.17, 15) is 9.59 Å². The van der Waals surface area contributed by atoms with E-state index in [1.165, 1.54) is 19.1 Å². The number of carbonyl (C=O) groups is 2. The molecule has 0 saturated heterocycles. The molecule has 1 aliphatic heterocycles. The van der Waals surface area contributed by atoms with E-state index in [-0.39, 0.29) is 11.6 Å². The van der Waals surface area contributed by atoms with Crippen molar-refractivity contribution in [2.24, 2.45) is 5.92 Å². The molecule has 118 valence electrons. The molecule has 0 unspecified atom stereocenters. The van der Waals surface area contributed by atoms with E-state index in [4.69, 9.17) is 9.15 Å². The largest absolute Gasteiger partial charge is 0.448 e. The molecule has 6 nitrogen and oxygen atoms in total. The zero-order valence-corrected chi connectivity index (χ0v) is 12.5. The maximum Gasteiger partial charge on any atom is 0.365 e. The van der Waals surface area contributed by atoms with Gasteiger partial charge in [-0.2, -0.15) is 0 Å². The van der Waals surface area contributed by atoms with Crippen molar-refractivity contribution in [1.82, 2.24) is 4.98 Å². The Labute approximate surface area is 132 Å². The number of hydrogen-bond donors (Lipinski definition) is 1. The van der Waals surface area contributed by atoms with Gasteiger partial charge in [-0.05, 0) is 36.8 Å². The van der Waals surface area contributed by atoms with Gasteiger partial charge in [-0.3, -0.25) is 4.79 Å². The molecule has 0 spiro atoms. The van der Waals surface area contributed by atoms with Crippen molar-refractivity contribution in [2.45, 2.75) is 32.1 Å². The lowest BCUT2D eigenvalue weighted by Gasteiger charge is -2.17. The third-order valence-electron chi connectivity index (χ3n) is 4.11. The minimum atomic E-state index is -0.558. The van der Waals surface area contributed by atoms with Crippen LogP contribution in [0.5, 0.6) is 5.75 Å². The topological polar surface area (TPSA) is 81.4 Å². The first-order chi connectivity index (χ1) is 11.2. The van der Waals surface area contributed by atoms with Gasteiger partial charge >= 0.3 is 5.97 Å². The van der Waals surface area contributed by atoms with Crippen LogP contribution in [0.15, 0.2) is 28.9 Å². The number of rotatable bonds is 4. The maximum atomic E-state index is 12.1. The predicted octanol–water partition coefficient (Wildman–Crippen LogP) is 2.73. The Morgan fingerprint density at radius 1 is 1.35 bits per heavy atom. The van der Waals surface area contributed by atoms with Crippen LogP contribution in [0.3, 0.4) is 0 Å². The molecule has 0 radical (unpaired) electrons. The quantitative estimate of drug-likeness (QED) is 0.693. The van der Waals surface area contributed by atoms with Crippen LogP contribution in [-0.2, 0) is 17.6 Å². The fourth-order valence-corrected chi connectivity index (χ4v) is 2.64. The third kappa shape index (κ3) is 3.11. The number of amides is 1. The van der Waals surface area contributed by atoms with Crippen LogP contribution >= 0.6 is 0 Å². The highest BCUT2D eigenvalue weighted by Gasteiger charge is 2.25. The summed E-state index contributed by atoms with van der Waals surface area (Å²) in [7, 11) is 0. The molecule has 4 rings (SSSR count). The van der Waals surface area contributed by atoms with Gasteiger partial charge in [0.25, 0.3) is 0 Å². The zero-order valence-electron chi connectivity index (χ0n) is 12.5. The smallest absolute Gasteiger partial charge is 0.365 e. The molecule has 0 bridgehead atoms. The average molecular weight is 312 g/mol. The molecule has 1 amide bonds. The first-order valence-corrected chi connectivity index (χ1v) is 7.77. The highest BCUT2D eigenvalue weighted by atomic mass is 16.5. The molecule has 0 atom stereocenters. The number of ether oxygens (including phenoxy) is 1. The molecule has 23 heavy (non-hydrogen) atoms. The van der Waals surface area contributed by atoms with Gasteiger partial charge < -0.3 is 14.5 Å². The number of aryl methyl sites for hydroxylation is 1. The Morgan fingerprint density at radius 3 is 3.04 bits per heavy atom. The van der Waals surface area contributed by atoms with Gasteiger partial charge in [-0.25, -0.2) is 9.78 Å². The number of fused-ring (bicyclic) bond motifs is 1. The van der Waals surface area contributed by atoms with Crippen molar-refractivity contribution >= 4 is 17.6 Å². The highest BCUT2D eigenvalue weighted by molar-refractivity contribution is 5.94. The van der Waals surface area contributed by atoms with E-state index < -0.39 is 5.97 Å². The van der Waals surface area contributed by atoms with E-state index in [1.807, 2.05) is 6.07 Å². The highest BCUT2D eigenvalue weighted by Crippen LogP contribution is 2.32. The lowest BCUT2D eigenvalue weighted by atomic mass is 10.0. The first-order valence-electron chi connectivity index (χ1n) is 7.77. The number of hydrogen-bond acceptors (Lipinski definition) is 5. The molecule has 1 N–H and O–H groups in total. The van der Waals surface area contributed by atoms with Crippen molar-refractivity contribution in [3.05, 3.63) is 41.6 Å². The molecular weight excluding hydrogens is 296 g/mol. The molecule has 6 heteroatoms. The Morgan fingerprint density at radius 2 is 2.22 bits per heavy atom. The van der Waals surface area contributed by atoms with Gasteiger partial charge in [0.15, 0.2) is 11.6 Å². The molecule has 2 aliphatic rings. The predicted molar refractivity (Wildman–Crippen MR) is 81.3 cm³/mol. The van der Waals surface area contributed by atoms with Crippen LogP contribution in [-0.4, -0.2) is 16.9 Å². The Balaban J connectivity index is 1.46. The maximum absolute atomic E-state index is 12.1. The SMILES string of the molecule is O=C1CCc2ccc(OC(=O)c3coc(CC4CC4)n3)cc2N1. The van der Waals surface area contributed by atoms with E-state index in [0.717, 1.165) is 12.0 Å². The second kappa shape index (κ2) is 5.53. The second-order valence-electron chi connectivity index (χ2n) is 6.03. The Bertz CT molecular complexity index is 777. The number of esters is 1. The summed E-state index contributed by atoms with van der Waals surface area (Å²) < 4.78 is 10.6. The van der Waals surface area contributed by atoms with Crippen LogP contribution in [0, 0.1) is 5.92 Å². The fraction of sp³-hybridized carbons (Fsp3) is 0.353. The second-order valence-corrected chi connectivity index (χ2v) is 6.03. The van der Waals surface area contributed by atoms with Crippen molar-refractivity contribution in [3.63, 3.8) is 0 Å². The molecule has 1 saturated carbocycles. The average Bonchev–Trinajstić information content (AvgIpc) is 3.21. The summed E-state index contributed by atoms with van der Waals surface area (Å²) >= 11 is 0. The number of oxazole rings is 1. The Kier molecular flexibility index (Phi) is 3.37. The van der Waals surface area contributed by atoms with Crippen LogP contribution in [0.2, 0.25) is 0 Å². The molecule has 1 aromatic carbocycles. The minimum Gasteiger partial charge on any atom is -0.448 e. The summed E-state index contributed by atoms with van der Waals surface area (Å²) in [6.45, 7) is 0. The van der Waals surface area contributed by atoms with Gasteiger partial charge in [-0.1, -0.05) is 6.07 Å². The molecule has 1 aromatic heterocycles. The molecular formula is C17H16N2O4. The van der Waals surface area contributed by atoms with Gasteiger partial charge in [0.1, 0.15) is 12.0 Å². The van der Waals surface area contributed by atoms with Crippen LogP contribution in [0.1, 0.15) is 41.2 Å². The number of benzene rings is 1.